The molecule has 1 aromatic heterocycles. The highest BCUT2D eigenvalue weighted by Gasteiger charge is 2.42. The minimum absolute atomic E-state index is 0.0624. The van der Waals surface area contributed by atoms with Gasteiger partial charge in [-0.3, -0.25) is 14.3 Å². The molecule has 0 bridgehead atoms. The molecule has 2 amide bonds. The molecule has 1 aromatic carbocycles. The number of carbonyl (C=O) groups is 2. The summed E-state index contributed by atoms with van der Waals surface area (Å²) in [6.45, 7) is 2.28. The van der Waals surface area contributed by atoms with Gasteiger partial charge in [-0.25, -0.2) is 0 Å². The highest BCUT2D eigenvalue weighted by molar-refractivity contribution is 5.99. The number of benzene rings is 1. The summed E-state index contributed by atoms with van der Waals surface area (Å²) in [5, 5.41) is 10.7. The smallest absolute Gasteiger partial charge is 0.252 e. The lowest BCUT2D eigenvalue weighted by Crippen LogP contribution is -2.52. The molecule has 0 aliphatic carbocycles. The van der Waals surface area contributed by atoms with E-state index in [2.05, 4.69) is 15.7 Å². The van der Waals surface area contributed by atoms with E-state index in [0.29, 0.717) is 24.9 Å². The maximum atomic E-state index is 13.2. The highest BCUT2D eigenvalue weighted by Crippen LogP contribution is 2.30. The number of rotatable bonds is 4. The fraction of sp³-hybridized carbons (Fsp3) is 0.421. The molecule has 2 N–H and O–H groups in total. The van der Waals surface area contributed by atoms with E-state index in [9.17, 15) is 9.59 Å². The molecule has 26 heavy (non-hydrogen) atoms. The average Bonchev–Trinajstić information content (AvgIpc) is 3.34. The van der Waals surface area contributed by atoms with Crippen molar-refractivity contribution in [2.45, 2.75) is 31.2 Å². The Bertz CT molecular complexity index is 796. The van der Waals surface area contributed by atoms with E-state index >= 15 is 0 Å². The van der Waals surface area contributed by atoms with Crippen molar-refractivity contribution in [1.29, 1.82) is 0 Å². The molecule has 2 aromatic rings. The zero-order valence-corrected chi connectivity index (χ0v) is 14.6. The lowest BCUT2D eigenvalue weighted by molar-refractivity contribution is -0.126. The van der Waals surface area contributed by atoms with Crippen LogP contribution in [0.2, 0.25) is 0 Å². The summed E-state index contributed by atoms with van der Waals surface area (Å²) in [6.07, 6.45) is 6.40. The first-order chi connectivity index (χ1) is 12.7. The Morgan fingerprint density at radius 2 is 2.08 bits per heavy atom. The molecule has 4 rings (SSSR count). The van der Waals surface area contributed by atoms with E-state index in [1.165, 1.54) is 0 Å². The number of nitrogens with zero attached hydrogens (tertiary/aromatic N) is 3. The van der Waals surface area contributed by atoms with E-state index in [4.69, 9.17) is 0 Å². The molecule has 0 saturated carbocycles. The fourth-order valence-corrected chi connectivity index (χ4v) is 3.84. The van der Waals surface area contributed by atoms with Crippen LogP contribution in [0, 0.1) is 0 Å². The van der Waals surface area contributed by atoms with E-state index in [-0.39, 0.29) is 11.8 Å². The average molecular weight is 353 g/mol. The summed E-state index contributed by atoms with van der Waals surface area (Å²) in [5.41, 5.74) is 0.856. The number of aromatic nitrogens is 2. The standard InChI is InChI=1S/C19H23N5O2/c25-17-6-2-12-23(17)16-5-1-4-15(14-16)22-18(26)19(7-10-20-11-8-19)24-13-3-9-21-24/h1,3-5,9,13-14,20H,2,6-8,10-12H2,(H,22,26). The monoisotopic (exact) mass is 353 g/mol. The van der Waals surface area contributed by atoms with Crippen molar-refractivity contribution in [3.8, 4) is 0 Å². The summed E-state index contributed by atoms with van der Waals surface area (Å²) in [7, 11) is 0. The van der Waals surface area contributed by atoms with Crippen LogP contribution in [-0.2, 0) is 15.1 Å². The topological polar surface area (TPSA) is 79.3 Å². The van der Waals surface area contributed by atoms with Crippen LogP contribution in [0.4, 0.5) is 11.4 Å². The highest BCUT2D eigenvalue weighted by atomic mass is 16.2. The lowest BCUT2D eigenvalue weighted by atomic mass is 9.87. The zero-order chi connectivity index (χ0) is 18.0. The Balaban J connectivity index is 1.58. The van der Waals surface area contributed by atoms with Crippen LogP contribution in [0.15, 0.2) is 42.7 Å². The number of carbonyl (C=O) groups excluding carboxylic acids is 2. The van der Waals surface area contributed by atoms with Crippen molar-refractivity contribution >= 4 is 23.2 Å². The molecule has 0 radical (unpaired) electrons. The minimum atomic E-state index is -0.686. The van der Waals surface area contributed by atoms with Crippen LogP contribution in [0.5, 0.6) is 0 Å². The van der Waals surface area contributed by atoms with Gasteiger partial charge in [0, 0.05) is 36.7 Å². The predicted molar refractivity (Wildman–Crippen MR) is 99.0 cm³/mol. The Morgan fingerprint density at radius 1 is 1.23 bits per heavy atom. The van der Waals surface area contributed by atoms with Crippen LogP contribution >= 0.6 is 0 Å². The molecule has 0 unspecified atom stereocenters. The molecule has 2 fully saturated rings. The first-order valence-corrected chi connectivity index (χ1v) is 9.12. The molecule has 7 nitrogen and oxygen atoms in total. The Kier molecular flexibility index (Phi) is 4.46. The number of hydrogen-bond donors (Lipinski definition) is 2. The van der Waals surface area contributed by atoms with Gasteiger partial charge < -0.3 is 15.5 Å². The second-order valence-corrected chi connectivity index (χ2v) is 6.89. The summed E-state index contributed by atoms with van der Waals surface area (Å²) in [6, 6.07) is 9.36. The summed E-state index contributed by atoms with van der Waals surface area (Å²) < 4.78 is 1.77. The van der Waals surface area contributed by atoms with Gasteiger partial charge in [0.1, 0.15) is 5.54 Å². The van der Waals surface area contributed by atoms with Gasteiger partial charge in [-0.05, 0) is 56.6 Å². The van der Waals surface area contributed by atoms with E-state index in [1.54, 1.807) is 15.8 Å². The molecule has 136 valence electrons. The second kappa shape index (κ2) is 6.92. The second-order valence-electron chi connectivity index (χ2n) is 6.89. The third kappa shape index (κ3) is 2.99. The van der Waals surface area contributed by atoms with Gasteiger partial charge in [0.2, 0.25) is 5.91 Å². The maximum Gasteiger partial charge on any atom is 0.252 e. The molecule has 3 heterocycles. The number of piperidine rings is 1. The number of hydrogen-bond acceptors (Lipinski definition) is 4. The predicted octanol–water partition coefficient (Wildman–Crippen LogP) is 1.73. The van der Waals surface area contributed by atoms with Gasteiger partial charge in [0.05, 0.1) is 0 Å². The quantitative estimate of drug-likeness (QED) is 0.877. The van der Waals surface area contributed by atoms with Crippen molar-refractivity contribution in [1.82, 2.24) is 15.1 Å². The Hall–Kier alpha value is -2.67. The molecule has 2 aliphatic heterocycles. The molecule has 7 heteroatoms. The van der Waals surface area contributed by atoms with E-state index in [1.807, 2.05) is 36.5 Å². The summed E-state index contributed by atoms with van der Waals surface area (Å²) in [4.78, 5) is 27.0. The van der Waals surface area contributed by atoms with Crippen LogP contribution in [0.3, 0.4) is 0 Å². The third-order valence-electron chi connectivity index (χ3n) is 5.29. The molecule has 2 aliphatic rings. The van der Waals surface area contributed by atoms with Gasteiger partial charge in [-0.2, -0.15) is 5.10 Å². The third-order valence-corrected chi connectivity index (χ3v) is 5.29. The first-order valence-electron chi connectivity index (χ1n) is 9.12. The van der Waals surface area contributed by atoms with Crippen molar-refractivity contribution in [3.63, 3.8) is 0 Å². The van der Waals surface area contributed by atoms with Crippen molar-refractivity contribution in [2.24, 2.45) is 0 Å². The zero-order valence-electron chi connectivity index (χ0n) is 14.6. The number of nitrogens with one attached hydrogen (secondary N) is 2. The fourth-order valence-electron chi connectivity index (χ4n) is 3.84. The van der Waals surface area contributed by atoms with Crippen molar-refractivity contribution < 1.29 is 9.59 Å². The van der Waals surface area contributed by atoms with Gasteiger partial charge in [0.15, 0.2) is 0 Å². The number of amides is 2. The van der Waals surface area contributed by atoms with E-state index in [0.717, 1.165) is 31.7 Å². The van der Waals surface area contributed by atoms with Crippen LogP contribution in [0.1, 0.15) is 25.7 Å². The van der Waals surface area contributed by atoms with Crippen molar-refractivity contribution in [2.75, 3.05) is 29.9 Å². The van der Waals surface area contributed by atoms with E-state index < -0.39 is 5.54 Å². The van der Waals surface area contributed by atoms with Crippen LogP contribution < -0.4 is 15.5 Å². The van der Waals surface area contributed by atoms with Gasteiger partial charge >= 0.3 is 0 Å². The largest absolute Gasteiger partial charge is 0.324 e. The van der Waals surface area contributed by atoms with Crippen LogP contribution in [0.25, 0.3) is 0 Å². The lowest BCUT2D eigenvalue weighted by Gasteiger charge is -2.36. The normalized spacial score (nSPS) is 19.5. The van der Waals surface area contributed by atoms with Crippen molar-refractivity contribution in [3.05, 3.63) is 42.7 Å². The minimum Gasteiger partial charge on any atom is -0.324 e. The molecule has 0 atom stereocenters. The Morgan fingerprint density at radius 3 is 2.77 bits per heavy atom. The summed E-state index contributed by atoms with van der Waals surface area (Å²) >= 11 is 0. The van der Waals surface area contributed by atoms with Gasteiger partial charge in [0.25, 0.3) is 5.91 Å². The van der Waals surface area contributed by atoms with Gasteiger partial charge in [-0.15, -0.1) is 0 Å². The molecule has 0 spiro atoms. The van der Waals surface area contributed by atoms with Gasteiger partial charge in [-0.1, -0.05) is 6.07 Å². The first kappa shape index (κ1) is 16.8. The SMILES string of the molecule is O=C1CCCN1c1cccc(NC(=O)C2(n3cccn3)CCNCC2)c1. The number of anilines is 2. The Labute approximate surface area is 152 Å². The summed E-state index contributed by atoms with van der Waals surface area (Å²) in [5.74, 6) is 0.0763. The maximum absolute atomic E-state index is 13.2. The van der Waals surface area contributed by atoms with Crippen LogP contribution in [-0.4, -0.2) is 41.2 Å². The molecule has 2 saturated heterocycles. The molecular formula is C19H23N5O2. The molecular weight excluding hydrogens is 330 g/mol.